The molecular weight excluding hydrogens is 418 g/mol. The van der Waals surface area contributed by atoms with E-state index in [1.807, 2.05) is 18.2 Å². The first-order valence-corrected chi connectivity index (χ1v) is 9.74. The van der Waals surface area contributed by atoms with E-state index in [9.17, 15) is 0 Å². The van der Waals surface area contributed by atoms with Crippen LogP contribution < -0.4 is 5.32 Å². The predicted molar refractivity (Wildman–Crippen MR) is 102 cm³/mol. The normalized spacial score (nSPS) is 14.8. The van der Waals surface area contributed by atoms with Crippen molar-refractivity contribution in [2.24, 2.45) is 0 Å². The van der Waals surface area contributed by atoms with Crippen LogP contribution in [0.4, 0.5) is 0 Å². The molecule has 0 saturated carbocycles. The first-order valence-electron chi connectivity index (χ1n) is 8.15. The van der Waals surface area contributed by atoms with Gasteiger partial charge in [-0.3, -0.25) is 0 Å². The molecule has 2 nitrogen and oxygen atoms in total. The Labute approximate surface area is 154 Å². The molecule has 1 aromatic heterocycles. The number of nitrogens with one attached hydrogen (secondary N) is 1. The van der Waals surface area contributed by atoms with Crippen molar-refractivity contribution in [2.45, 2.75) is 38.6 Å². The van der Waals surface area contributed by atoms with Crippen LogP contribution in [0.1, 0.15) is 37.9 Å². The summed E-state index contributed by atoms with van der Waals surface area (Å²) in [6, 6.07) is 10.2. The van der Waals surface area contributed by atoms with Gasteiger partial charge in [-0.25, -0.2) is 0 Å². The van der Waals surface area contributed by atoms with Crippen molar-refractivity contribution in [1.29, 1.82) is 0 Å². The van der Waals surface area contributed by atoms with Crippen LogP contribution in [0.5, 0.6) is 0 Å². The summed E-state index contributed by atoms with van der Waals surface area (Å²) in [6.07, 6.45) is 8.84. The Bertz CT molecular complexity index is 690. The van der Waals surface area contributed by atoms with Gasteiger partial charge >= 0.3 is 0 Å². The summed E-state index contributed by atoms with van der Waals surface area (Å²) < 4.78 is 8.05. The van der Waals surface area contributed by atoms with Gasteiger partial charge in [-0.05, 0) is 84.9 Å². The van der Waals surface area contributed by atoms with E-state index >= 15 is 0 Å². The number of allylic oxidation sites excluding steroid dienone is 1. The number of hydrogen-bond acceptors (Lipinski definition) is 2. The molecule has 0 spiro atoms. The molecule has 1 aromatic carbocycles. The van der Waals surface area contributed by atoms with Crippen molar-refractivity contribution in [3.05, 3.63) is 56.7 Å². The van der Waals surface area contributed by atoms with E-state index in [4.69, 9.17) is 4.42 Å². The summed E-state index contributed by atoms with van der Waals surface area (Å²) in [5, 5.41) is 3.48. The molecule has 0 amide bonds. The van der Waals surface area contributed by atoms with Crippen LogP contribution in [0.3, 0.4) is 0 Å². The number of rotatable bonds is 6. The largest absolute Gasteiger partial charge is 0.460 e. The van der Waals surface area contributed by atoms with Gasteiger partial charge in [0.2, 0.25) is 0 Å². The molecule has 23 heavy (non-hydrogen) atoms. The Kier molecular flexibility index (Phi) is 6.15. The van der Waals surface area contributed by atoms with E-state index in [1.54, 1.807) is 5.57 Å². The topological polar surface area (TPSA) is 25.2 Å². The number of halogens is 2. The molecule has 3 rings (SSSR count). The van der Waals surface area contributed by atoms with Gasteiger partial charge in [-0.1, -0.05) is 27.6 Å². The van der Waals surface area contributed by atoms with Crippen molar-refractivity contribution in [1.82, 2.24) is 5.32 Å². The third kappa shape index (κ3) is 4.82. The zero-order valence-corrected chi connectivity index (χ0v) is 16.3. The van der Waals surface area contributed by atoms with Crippen LogP contribution >= 0.6 is 31.9 Å². The zero-order valence-electron chi connectivity index (χ0n) is 13.1. The molecule has 0 unspecified atom stereocenters. The molecule has 0 bridgehead atoms. The minimum atomic E-state index is 0.779. The molecule has 1 N–H and O–H groups in total. The van der Waals surface area contributed by atoms with Crippen molar-refractivity contribution in [2.75, 3.05) is 6.54 Å². The van der Waals surface area contributed by atoms with Gasteiger partial charge in [0.15, 0.2) is 0 Å². The SMILES string of the molecule is Brc1ccc(-c2ccc(CNCCC3=CCCCC3)o2)c(Br)c1. The van der Waals surface area contributed by atoms with E-state index in [2.05, 4.69) is 55.4 Å². The third-order valence-electron chi connectivity index (χ3n) is 4.17. The van der Waals surface area contributed by atoms with Crippen LogP contribution in [0.15, 0.2) is 55.3 Å². The van der Waals surface area contributed by atoms with Gasteiger partial charge in [0, 0.05) is 14.5 Å². The average Bonchev–Trinajstić information content (AvgIpc) is 3.01. The van der Waals surface area contributed by atoms with E-state index in [0.29, 0.717) is 0 Å². The van der Waals surface area contributed by atoms with Gasteiger partial charge in [0.25, 0.3) is 0 Å². The molecule has 0 radical (unpaired) electrons. The Morgan fingerprint density at radius 1 is 1.09 bits per heavy atom. The fourth-order valence-corrected chi connectivity index (χ4v) is 4.14. The van der Waals surface area contributed by atoms with Crippen LogP contribution in [-0.4, -0.2) is 6.54 Å². The smallest absolute Gasteiger partial charge is 0.135 e. The first-order chi connectivity index (χ1) is 11.2. The fraction of sp³-hybridized carbons (Fsp3) is 0.368. The van der Waals surface area contributed by atoms with Crippen molar-refractivity contribution >= 4 is 31.9 Å². The Morgan fingerprint density at radius 2 is 2.00 bits per heavy atom. The summed E-state index contributed by atoms with van der Waals surface area (Å²) in [5.41, 5.74) is 2.69. The van der Waals surface area contributed by atoms with E-state index < -0.39 is 0 Å². The van der Waals surface area contributed by atoms with Crippen molar-refractivity contribution in [3.63, 3.8) is 0 Å². The number of furan rings is 1. The highest BCUT2D eigenvalue weighted by atomic mass is 79.9. The maximum atomic E-state index is 5.96. The molecule has 1 heterocycles. The van der Waals surface area contributed by atoms with E-state index in [0.717, 1.165) is 45.5 Å². The summed E-state index contributed by atoms with van der Waals surface area (Å²) in [7, 11) is 0. The number of benzene rings is 1. The van der Waals surface area contributed by atoms with Crippen LogP contribution in [0, 0.1) is 0 Å². The highest BCUT2D eigenvalue weighted by molar-refractivity contribution is 9.11. The minimum Gasteiger partial charge on any atom is -0.460 e. The fourth-order valence-electron chi connectivity index (χ4n) is 2.90. The average molecular weight is 439 g/mol. The molecule has 0 saturated heterocycles. The summed E-state index contributed by atoms with van der Waals surface area (Å²) in [6.45, 7) is 1.80. The molecule has 1 aliphatic carbocycles. The first kappa shape index (κ1) is 17.0. The lowest BCUT2D eigenvalue weighted by Gasteiger charge is -2.12. The molecule has 0 atom stereocenters. The Balaban J connectivity index is 1.52. The van der Waals surface area contributed by atoms with Gasteiger partial charge < -0.3 is 9.73 Å². The molecule has 1 aliphatic rings. The molecule has 122 valence electrons. The van der Waals surface area contributed by atoms with Crippen LogP contribution in [-0.2, 0) is 6.54 Å². The Morgan fingerprint density at radius 3 is 2.78 bits per heavy atom. The molecule has 0 aliphatic heterocycles. The second-order valence-electron chi connectivity index (χ2n) is 5.93. The second-order valence-corrected chi connectivity index (χ2v) is 7.70. The van der Waals surface area contributed by atoms with Gasteiger partial charge in [-0.2, -0.15) is 0 Å². The lowest BCUT2D eigenvalue weighted by atomic mass is 9.97. The quantitative estimate of drug-likeness (QED) is 0.414. The predicted octanol–water partition coefficient (Wildman–Crippen LogP) is 6.45. The lowest BCUT2D eigenvalue weighted by Crippen LogP contribution is -2.15. The number of hydrogen-bond donors (Lipinski definition) is 1. The van der Waals surface area contributed by atoms with E-state index in [1.165, 1.54) is 25.7 Å². The van der Waals surface area contributed by atoms with Gasteiger partial charge in [-0.15, -0.1) is 0 Å². The van der Waals surface area contributed by atoms with Crippen molar-refractivity contribution < 1.29 is 4.42 Å². The molecular formula is C19H21Br2NO. The minimum absolute atomic E-state index is 0.779. The van der Waals surface area contributed by atoms with Gasteiger partial charge in [0.1, 0.15) is 11.5 Å². The summed E-state index contributed by atoms with van der Waals surface area (Å²) >= 11 is 7.06. The maximum absolute atomic E-state index is 5.96. The molecule has 2 aromatic rings. The highest BCUT2D eigenvalue weighted by Gasteiger charge is 2.09. The Hall–Kier alpha value is -0.840. The van der Waals surface area contributed by atoms with Crippen LogP contribution in [0.25, 0.3) is 11.3 Å². The van der Waals surface area contributed by atoms with Crippen molar-refractivity contribution in [3.8, 4) is 11.3 Å². The zero-order chi connectivity index (χ0) is 16.1. The van der Waals surface area contributed by atoms with E-state index in [-0.39, 0.29) is 0 Å². The maximum Gasteiger partial charge on any atom is 0.135 e. The lowest BCUT2D eigenvalue weighted by molar-refractivity contribution is 0.493. The summed E-state index contributed by atoms with van der Waals surface area (Å²) in [4.78, 5) is 0. The molecule has 0 fully saturated rings. The monoisotopic (exact) mass is 437 g/mol. The highest BCUT2D eigenvalue weighted by Crippen LogP contribution is 2.31. The summed E-state index contributed by atoms with van der Waals surface area (Å²) in [5.74, 6) is 1.88. The van der Waals surface area contributed by atoms with Gasteiger partial charge in [0.05, 0.1) is 6.54 Å². The standard InChI is InChI=1S/C19H21Br2NO/c20-15-6-8-17(18(21)12-15)19-9-7-16(23-19)13-22-11-10-14-4-2-1-3-5-14/h4,6-9,12,22H,1-3,5,10-11,13H2. The molecule has 4 heteroatoms. The van der Waals surface area contributed by atoms with Crippen LogP contribution in [0.2, 0.25) is 0 Å². The third-order valence-corrected chi connectivity index (χ3v) is 5.31. The second kappa shape index (κ2) is 8.32.